The summed E-state index contributed by atoms with van der Waals surface area (Å²) in [6.45, 7) is 6.74. The average Bonchev–Trinajstić information content (AvgIpc) is 2.71. The van der Waals surface area contributed by atoms with Gasteiger partial charge in [0.05, 0.1) is 5.54 Å². The topological polar surface area (TPSA) is 49.9 Å². The van der Waals surface area contributed by atoms with E-state index in [2.05, 4.69) is 4.74 Å². The van der Waals surface area contributed by atoms with E-state index in [1.807, 2.05) is 0 Å². The van der Waals surface area contributed by atoms with Gasteiger partial charge in [-0.15, -0.1) is 0 Å². The molecule has 0 bridgehead atoms. The molecule has 184 valence electrons. The van der Waals surface area contributed by atoms with Crippen LogP contribution in [0.25, 0.3) is 0 Å². The van der Waals surface area contributed by atoms with E-state index in [0.717, 1.165) is 34.3 Å². The zero-order valence-electron chi connectivity index (χ0n) is 19.0. The monoisotopic (exact) mass is 502 g/mol. The zero-order valence-corrected chi connectivity index (χ0v) is 19.9. The predicted molar refractivity (Wildman–Crippen MR) is 120 cm³/mol. The van der Waals surface area contributed by atoms with Crippen LogP contribution < -0.4 is 4.74 Å². The summed E-state index contributed by atoms with van der Waals surface area (Å²) in [6.07, 6.45) is -11.3. The molecule has 2 aromatic carbocycles. The molecule has 0 unspecified atom stereocenters. The first-order valence-corrected chi connectivity index (χ1v) is 10.3. The summed E-state index contributed by atoms with van der Waals surface area (Å²) in [7, 11) is 1.39. The molecule has 0 radical (unpaired) electrons. The zero-order chi connectivity index (χ0) is 26.1. The quantitative estimate of drug-likeness (QED) is 0.222. The molecule has 0 aliphatic heterocycles. The van der Waals surface area contributed by atoms with Gasteiger partial charge in [0.15, 0.2) is 0 Å². The Balaban J connectivity index is 2.33. The second-order valence-corrected chi connectivity index (χ2v) is 9.01. The average molecular weight is 503 g/mol. The Morgan fingerprint density at radius 3 is 1.85 bits per heavy atom. The summed E-state index contributed by atoms with van der Waals surface area (Å²) in [6, 6.07) is 10.3. The van der Waals surface area contributed by atoms with Crippen LogP contribution in [0.1, 0.15) is 54.0 Å². The molecule has 2 amide bonds. The number of rotatable bonds is 5. The number of amides is 2. The van der Waals surface area contributed by atoms with Crippen molar-refractivity contribution >= 4 is 28.9 Å². The number of hydrogen-bond donors (Lipinski definition) is 0. The lowest BCUT2D eigenvalue weighted by Gasteiger charge is -2.41. The van der Waals surface area contributed by atoms with Crippen molar-refractivity contribution in [3.8, 4) is 5.75 Å². The van der Waals surface area contributed by atoms with E-state index in [0.29, 0.717) is 10.4 Å². The van der Waals surface area contributed by atoms with Crippen LogP contribution in [0.5, 0.6) is 5.75 Å². The molecule has 2 rings (SSSR count). The van der Waals surface area contributed by atoms with E-state index in [1.165, 1.54) is 7.05 Å². The van der Waals surface area contributed by atoms with Gasteiger partial charge in [-0.2, -0.15) is 22.0 Å². The highest BCUT2D eigenvalue weighted by atomic mass is 32.1. The largest absolute Gasteiger partial charge is 0.499 e. The lowest BCUT2D eigenvalue weighted by atomic mass is 10.1. The molecule has 0 aromatic heterocycles. The molecule has 0 atom stereocenters. The third-order valence-corrected chi connectivity index (χ3v) is 4.85. The first-order chi connectivity index (χ1) is 15.5. The smallest absolute Gasteiger partial charge is 0.426 e. The minimum absolute atomic E-state index is 0.0549. The summed E-state index contributed by atoms with van der Waals surface area (Å²) in [5.74, 6) is -1.97. The first kappa shape index (κ1) is 27.2. The highest BCUT2D eigenvalue weighted by molar-refractivity contribution is 7.80. The molecule has 0 saturated carbocycles. The lowest BCUT2D eigenvalue weighted by molar-refractivity contribution is -0.360. The van der Waals surface area contributed by atoms with Gasteiger partial charge >= 0.3 is 12.3 Å². The lowest BCUT2D eigenvalue weighted by Crippen LogP contribution is -2.56. The molecule has 0 spiro atoms. The van der Waals surface area contributed by atoms with Crippen LogP contribution in [0.3, 0.4) is 0 Å². The second kappa shape index (κ2) is 9.65. The van der Waals surface area contributed by atoms with Gasteiger partial charge in [0.1, 0.15) is 5.75 Å². The number of alkyl halides is 5. The van der Waals surface area contributed by atoms with Gasteiger partial charge in [0, 0.05) is 23.0 Å². The number of benzene rings is 2. The van der Waals surface area contributed by atoms with E-state index in [9.17, 15) is 31.5 Å². The molecule has 5 nitrogen and oxygen atoms in total. The molecule has 0 N–H and O–H groups in total. The number of hydrazine groups is 1. The van der Waals surface area contributed by atoms with Crippen LogP contribution in [0, 0.1) is 0 Å². The summed E-state index contributed by atoms with van der Waals surface area (Å²) >= 11 is 5.14. The van der Waals surface area contributed by atoms with Gasteiger partial charge in [-0.05, 0) is 69.7 Å². The maximum Gasteiger partial charge on any atom is 0.499 e. The van der Waals surface area contributed by atoms with E-state index in [1.54, 1.807) is 52.0 Å². The maximum atomic E-state index is 13.2. The number of nitrogens with zero attached hydrogens (tertiary/aromatic N) is 2. The van der Waals surface area contributed by atoms with E-state index in [4.69, 9.17) is 12.2 Å². The van der Waals surface area contributed by atoms with Crippen molar-refractivity contribution < 1.29 is 36.3 Å². The number of halogens is 5. The molecule has 11 heteroatoms. The molecule has 0 fully saturated rings. The fourth-order valence-corrected chi connectivity index (χ4v) is 3.16. The van der Waals surface area contributed by atoms with Crippen LogP contribution in [0.4, 0.5) is 22.0 Å². The third-order valence-electron chi connectivity index (χ3n) is 4.62. The van der Waals surface area contributed by atoms with Crippen LogP contribution >= 0.6 is 12.2 Å². The molecule has 0 saturated heterocycles. The normalized spacial score (nSPS) is 12.2. The van der Waals surface area contributed by atoms with E-state index >= 15 is 0 Å². The molecule has 2 aromatic rings. The van der Waals surface area contributed by atoms with E-state index < -0.39 is 35.4 Å². The van der Waals surface area contributed by atoms with Crippen LogP contribution in [0.2, 0.25) is 0 Å². The molecular weight excluding hydrogens is 479 g/mol. The van der Waals surface area contributed by atoms with Gasteiger partial charge < -0.3 is 4.74 Å². The first-order valence-electron chi connectivity index (χ1n) is 9.93. The van der Waals surface area contributed by atoms with Crippen LogP contribution in [-0.4, -0.2) is 51.6 Å². The van der Waals surface area contributed by atoms with Crippen molar-refractivity contribution in [3.05, 3.63) is 65.2 Å². The van der Waals surface area contributed by atoms with Crippen LogP contribution in [-0.2, 0) is 0 Å². The van der Waals surface area contributed by atoms with Gasteiger partial charge in [-0.25, -0.2) is 10.0 Å². The Morgan fingerprint density at radius 2 is 1.38 bits per heavy atom. The third kappa shape index (κ3) is 6.07. The van der Waals surface area contributed by atoms with Gasteiger partial charge in [-0.1, -0.05) is 24.4 Å². The minimum atomic E-state index is -5.90. The molecule has 0 heterocycles. The summed E-state index contributed by atoms with van der Waals surface area (Å²) < 4.78 is 67.1. The van der Waals surface area contributed by atoms with Crippen molar-refractivity contribution in [2.45, 2.75) is 45.5 Å². The Bertz CT molecular complexity index is 1080. The maximum absolute atomic E-state index is 13.2. The van der Waals surface area contributed by atoms with Gasteiger partial charge in [0.25, 0.3) is 11.8 Å². The summed E-state index contributed by atoms with van der Waals surface area (Å²) in [5.41, 5.74) is -0.00303. The van der Waals surface area contributed by atoms with Crippen molar-refractivity contribution in [1.82, 2.24) is 10.0 Å². The standard InChI is InChI=1S/C23H23F5N2O3S/c1-14(34)16-7-6-8-17(13-16)19(31)29(5)30(21(2,3)4)20(32)15-9-11-18(12-10-15)33-23(27,28)22(24,25)26/h6-13H,1-5H3. The van der Waals surface area contributed by atoms with Gasteiger partial charge in [-0.3, -0.25) is 9.59 Å². The van der Waals surface area contributed by atoms with Crippen molar-refractivity contribution in [2.75, 3.05) is 7.05 Å². The second-order valence-electron chi connectivity index (χ2n) is 8.39. The number of thiocarbonyl (C=S) groups is 1. The molecule has 34 heavy (non-hydrogen) atoms. The number of hydrogen-bond acceptors (Lipinski definition) is 4. The SMILES string of the molecule is CC(=S)c1cccc(C(=O)N(C)N(C(=O)c2ccc(OC(F)(F)C(F)(F)F)cc2)C(C)(C)C)c1. The highest BCUT2D eigenvalue weighted by Crippen LogP contribution is 2.37. The van der Waals surface area contributed by atoms with Gasteiger partial charge in [0.2, 0.25) is 0 Å². The minimum Gasteiger partial charge on any atom is -0.426 e. The highest BCUT2D eigenvalue weighted by Gasteiger charge is 2.61. The summed E-state index contributed by atoms with van der Waals surface area (Å²) in [5, 5.41) is 2.27. The number of ether oxygens (including phenoxy) is 1. The Morgan fingerprint density at radius 1 is 0.853 bits per heavy atom. The number of carbonyl (C=O) groups is 2. The fraction of sp³-hybridized carbons (Fsp3) is 0.348. The summed E-state index contributed by atoms with van der Waals surface area (Å²) in [4.78, 5) is 27.0. The predicted octanol–water partition coefficient (Wildman–Crippen LogP) is 5.89. The van der Waals surface area contributed by atoms with E-state index in [-0.39, 0.29) is 11.1 Å². The Kier molecular flexibility index (Phi) is 7.71. The van der Waals surface area contributed by atoms with Crippen molar-refractivity contribution in [2.24, 2.45) is 0 Å². The molecular formula is C23H23F5N2O3S. The molecule has 0 aliphatic rings. The fourth-order valence-electron chi connectivity index (χ4n) is 3.03. The van der Waals surface area contributed by atoms with Crippen molar-refractivity contribution in [3.63, 3.8) is 0 Å². The Hall–Kier alpha value is -3.08. The Labute approximate surface area is 199 Å². The van der Waals surface area contributed by atoms with Crippen LogP contribution in [0.15, 0.2) is 48.5 Å². The molecule has 0 aliphatic carbocycles. The number of carbonyl (C=O) groups excluding carboxylic acids is 2. The van der Waals surface area contributed by atoms with Crippen molar-refractivity contribution in [1.29, 1.82) is 0 Å².